The van der Waals surface area contributed by atoms with Crippen molar-refractivity contribution >= 4 is 5.91 Å². The number of hydrogen-bond donors (Lipinski definition) is 1. The van der Waals surface area contributed by atoms with Crippen LogP contribution in [0.3, 0.4) is 0 Å². The molecule has 5 nitrogen and oxygen atoms in total. The number of hydrogen-bond acceptors (Lipinski definition) is 4. The Labute approximate surface area is 114 Å². The highest BCUT2D eigenvalue weighted by Crippen LogP contribution is 2.14. The van der Waals surface area contributed by atoms with Gasteiger partial charge in [0, 0.05) is 25.8 Å². The Morgan fingerprint density at radius 1 is 1.47 bits per heavy atom. The van der Waals surface area contributed by atoms with Gasteiger partial charge < -0.3 is 10.2 Å². The number of rotatable bonds is 4. The average Bonchev–Trinajstić information content (AvgIpc) is 2.39. The second-order valence-electron chi connectivity index (χ2n) is 5.35. The lowest BCUT2D eigenvalue weighted by Gasteiger charge is -2.30. The van der Waals surface area contributed by atoms with Gasteiger partial charge in [-0.1, -0.05) is 6.92 Å². The first-order chi connectivity index (χ1) is 9.15. The molecule has 1 aliphatic heterocycles. The zero-order valence-corrected chi connectivity index (χ0v) is 11.7. The van der Waals surface area contributed by atoms with Crippen LogP contribution in [0, 0.1) is 12.8 Å². The van der Waals surface area contributed by atoms with Gasteiger partial charge >= 0.3 is 0 Å². The van der Waals surface area contributed by atoms with E-state index in [0.29, 0.717) is 12.2 Å². The Hall–Kier alpha value is -1.49. The molecular formula is C14H22N4O. The van der Waals surface area contributed by atoms with E-state index in [1.165, 1.54) is 19.0 Å². The van der Waals surface area contributed by atoms with E-state index >= 15 is 0 Å². The van der Waals surface area contributed by atoms with Gasteiger partial charge in [-0.2, -0.15) is 0 Å². The van der Waals surface area contributed by atoms with Crippen LogP contribution in [-0.4, -0.2) is 47.0 Å². The number of aryl methyl sites for hydroxylation is 1. The Morgan fingerprint density at radius 2 is 2.32 bits per heavy atom. The molecule has 2 heterocycles. The van der Waals surface area contributed by atoms with Crippen molar-refractivity contribution in [1.29, 1.82) is 0 Å². The molecule has 0 aliphatic carbocycles. The predicted octanol–water partition coefficient (Wildman–Crippen LogP) is 1.25. The lowest BCUT2D eigenvalue weighted by Crippen LogP contribution is -2.40. The van der Waals surface area contributed by atoms with Gasteiger partial charge in [-0.3, -0.25) is 9.78 Å². The molecule has 1 saturated heterocycles. The monoisotopic (exact) mass is 262 g/mol. The van der Waals surface area contributed by atoms with Crippen molar-refractivity contribution in [1.82, 2.24) is 20.2 Å². The van der Waals surface area contributed by atoms with Crippen molar-refractivity contribution in [3.63, 3.8) is 0 Å². The summed E-state index contributed by atoms with van der Waals surface area (Å²) in [4.78, 5) is 22.4. The summed E-state index contributed by atoms with van der Waals surface area (Å²) in [6.45, 7) is 8.00. The van der Waals surface area contributed by atoms with Crippen LogP contribution in [0.15, 0.2) is 12.4 Å². The Kier molecular flexibility index (Phi) is 4.85. The van der Waals surface area contributed by atoms with E-state index in [1.54, 1.807) is 6.20 Å². The van der Waals surface area contributed by atoms with Crippen LogP contribution >= 0.6 is 0 Å². The number of piperidine rings is 1. The fourth-order valence-electron chi connectivity index (χ4n) is 2.42. The summed E-state index contributed by atoms with van der Waals surface area (Å²) < 4.78 is 0. The lowest BCUT2D eigenvalue weighted by molar-refractivity contribution is 0.0938. The van der Waals surface area contributed by atoms with Crippen LogP contribution in [0.4, 0.5) is 0 Å². The number of nitrogens with one attached hydrogen (secondary N) is 1. The maximum absolute atomic E-state index is 11.8. The van der Waals surface area contributed by atoms with Crippen LogP contribution in [0.1, 0.15) is 35.9 Å². The minimum Gasteiger partial charge on any atom is -0.349 e. The van der Waals surface area contributed by atoms with E-state index in [1.807, 2.05) is 6.92 Å². The van der Waals surface area contributed by atoms with Crippen molar-refractivity contribution in [2.45, 2.75) is 26.7 Å². The van der Waals surface area contributed by atoms with E-state index in [-0.39, 0.29) is 5.91 Å². The number of amides is 1. The highest BCUT2D eigenvalue weighted by Gasteiger charge is 2.16. The zero-order valence-electron chi connectivity index (χ0n) is 11.7. The topological polar surface area (TPSA) is 58.1 Å². The quantitative estimate of drug-likeness (QED) is 0.887. The molecule has 2 rings (SSSR count). The van der Waals surface area contributed by atoms with Crippen molar-refractivity contribution < 1.29 is 4.79 Å². The van der Waals surface area contributed by atoms with E-state index in [0.717, 1.165) is 31.2 Å². The zero-order chi connectivity index (χ0) is 13.7. The van der Waals surface area contributed by atoms with Crippen molar-refractivity contribution in [2.24, 2.45) is 5.92 Å². The number of carbonyl (C=O) groups is 1. The lowest BCUT2D eigenvalue weighted by atomic mass is 10.0. The number of aromatic nitrogens is 2. The van der Waals surface area contributed by atoms with Gasteiger partial charge in [0.1, 0.15) is 5.69 Å². The molecule has 0 unspecified atom stereocenters. The molecule has 104 valence electrons. The van der Waals surface area contributed by atoms with E-state index in [9.17, 15) is 4.79 Å². The molecule has 5 heteroatoms. The second kappa shape index (κ2) is 6.61. The Bertz CT molecular complexity index is 418. The first-order valence-corrected chi connectivity index (χ1v) is 6.94. The molecule has 0 spiro atoms. The van der Waals surface area contributed by atoms with Crippen LogP contribution < -0.4 is 5.32 Å². The molecule has 0 bridgehead atoms. The summed E-state index contributed by atoms with van der Waals surface area (Å²) in [6, 6.07) is 0. The molecule has 1 fully saturated rings. The summed E-state index contributed by atoms with van der Waals surface area (Å²) in [6.07, 6.45) is 5.72. The first-order valence-electron chi connectivity index (χ1n) is 6.94. The van der Waals surface area contributed by atoms with E-state index < -0.39 is 0 Å². The molecule has 1 N–H and O–H groups in total. The maximum Gasteiger partial charge on any atom is 0.271 e. The van der Waals surface area contributed by atoms with Crippen molar-refractivity contribution in [2.75, 3.05) is 26.2 Å². The van der Waals surface area contributed by atoms with Crippen LogP contribution in [0.5, 0.6) is 0 Å². The molecule has 1 atom stereocenters. The molecule has 1 amide bonds. The van der Waals surface area contributed by atoms with Crippen molar-refractivity contribution in [3.8, 4) is 0 Å². The van der Waals surface area contributed by atoms with E-state index in [2.05, 4.69) is 27.1 Å². The van der Waals surface area contributed by atoms with Crippen molar-refractivity contribution in [3.05, 3.63) is 23.8 Å². The number of likely N-dealkylation sites (tertiary alicyclic amines) is 1. The smallest absolute Gasteiger partial charge is 0.271 e. The summed E-state index contributed by atoms with van der Waals surface area (Å²) in [5.41, 5.74) is 1.21. The Morgan fingerprint density at radius 3 is 3.00 bits per heavy atom. The molecule has 0 aromatic carbocycles. The maximum atomic E-state index is 11.8. The van der Waals surface area contributed by atoms with Gasteiger partial charge in [0.15, 0.2) is 0 Å². The standard InChI is InChI=1S/C14H22N4O/c1-11-4-3-6-18(10-11)7-5-15-14(19)13-9-16-12(2)8-17-13/h8-9,11H,3-7,10H2,1-2H3,(H,15,19)/t11-/m0/s1. The van der Waals surface area contributed by atoms with Gasteiger partial charge in [-0.15, -0.1) is 0 Å². The molecule has 0 saturated carbocycles. The SMILES string of the molecule is Cc1cnc(C(=O)NCCN2CCC[C@H](C)C2)cn1. The summed E-state index contributed by atoms with van der Waals surface area (Å²) in [5.74, 6) is 0.630. The summed E-state index contributed by atoms with van der Waals surface area (Å²) >= 11 is 0. The van der Waals surface area contributed by atoms with Gasteiger partial charge in [-0.25, -0.2) is 4.98 Å². The number of carbonyl (C=O) groups excluding carboxylic acids is 1. The average molecular weight is 262 g/mol. The van der Waals surface area contributed by atoms with Crippen LogP contribution in [0.25, 0.3) is 0 Å². The molecule has 19 heavy (non-hydrogen) atoms. The van der Waals surface area contributed by atoms with Gasteiger partial charge in [-0.05, 0) is 32.2 Å². The minimum absolute atomic E-state index is 0.141. The predicted molar refractivity (Wildman–Crippen MR) is 73.9 cm³/mol. The third-order valence-corrected chi connectivity index (χ3v) is 3.47. The molecule has 0 radical (unpaired) electrons. The third kappa shape index (κ3) is 4.28. The van der Waals surface area contributed by atoms with Gasteiger partial charge in [0.25, 0.3) is 5.91 Å². The highest BCUT2D eigenvalue weighted by molar-refractivity contribution is 5.91. The minimum atomic E-state index is -0.141. The molecule has 1 aromatic rings. The van der Waals surface area contributed by atoms with Gasteiger partial charge in [0.2, 0.25) is 0 Å². The van der Waals surface area contributed by atoms with Crippen LogP contribution in [-0.2, 0) is 0 Å². The molecule has 1 aromatic heterocycles. The Balaban J connectivity index is 1.73. The second-order valence-corrected chi connectivity index (χ2v) is 5.35. The third-order valence-electron chi connectivity index (χ3n) is 3.47. The molecule has 1 aliphatic rings. The largest absolute Gasteiger partial charge is 0.349 e. The normalized spacial score (nSPS) is 20.2. The first kappa shape index (κ1) is 13.9. The number of nitrogens with zero attached hydrogens (tertiary/aromatic N) is 3. The molecular weight excluding hydrogens is 240 g/mol. The fourth-order valence-corrected chi connectivity index (χ4v) is 2.42. The summed E-state index contributed by atoms with van der Waals surface area (Å²) in [5, 5.41) is 2.90. The fraction of sp³-hybridized carbons (Fsp3) is 0.643. The summed E-state index contributed by atoms with van der Waals surface area (Å²) in [7, 11) is 0. The van der Waals surface area contributed by atoms with Gasteiger partial charge in [0.05, 0.1) is 11.9 Å². The highest BCUT2D eigenvalue weighted by atomic mass is 16.1. The van der Waals surface area contributed by atoms with Crippen LogP contribution in [0.2, 0.25) is 0 Å². The van der Waals surface area contributed by atoms with E-state index in [4.69, 9.17) is 0 Å².